The zero-order chi connectivity index (χ0) is 16.0. The second-order valence-corrected chi connectivity index (χ2v) is 6.50. The topological polar surface area (TPSA) is 56.3 Å². The maximum atomic E-state index is 13.5. The van der Waals surface area contributed by atoms with Crippen molar-refractivity contribution in [3.05, 3.63) is 59.2 Å². The Kier molecular flexibility index (Phi) is 3.45. The molecule has 2 aromatic rings. The lowest BCUT2D eigenvalue weighted by molar-refractivity contribution is 0.0714. The van der Waals surface area contributed by atoms with Gasteiger partial charge in [0.15, 0.2) is 0 Å². The van der Waals surface area contributed by atoms with Crippen LogP contribution >= 0.6 is 0 Å². The molecule has 1 aromatic heterocycles. The van der Waals surface area contributed by atoms with Crippen LogP contribution in [0.2, 0.25) is 0 Å². The summed E-state index contributed by atoms with van der Waals surface area (Å²) in [4.78, 5) is 17.8. The number of hydrogen-bond acceptors (Lipinski definition) is 2. The SMILES string of the molecule is O=C(c1cc[nH]c1C1CC1)N1C[C@@H](O)C[C@@H]1c1cccc(F)c1. The van der Waals surface area contributed by atoms with Gasteiger partial charge in [-0.05, 0) is 48.9 Å². The van der Waals surface area contributed by atoms with Crippen molar-refractivity contribution in [2.24, 2.45) is 0 Å². The summed E-state index contributed by atoms with van der Waals surface area (Å²) in [7, 11) is 0. The van der Waals surface area contributed by atoms with Crippen LogP contribution in [0.25, 0.3) is 0 Å². The van der Waals surface area contributed by atoms with Crippen LogP contribution in [-0.2, 0) is 0 Å². The van der Waals surface area contributed by atoms with Gasteiger partial charge in [-0.3, -0.25) is 4.79 Å². The number of amides is 1. The van der Waals surface area contributed by atoms with E-state index in [1.807, 2.05) is 12.1 Å². The molecule has 2 heterocycles. The molecule has 1 amide bonds. The number of benzene rings is 1. The minimum absolute atomic E-state index is 0.0843. The number of halogens is 1. The highest BCUT2D eigenvalue weighted by Gasteiger charge is 2.38. The molecule has 2 N–H and O–H groups in total. The molecule has 2 fully saturated rings. The van der Waals surface area contributed by atoms with E-state index in [0.29, 0.717) is 17.9 Å². The van der Waals surface area contributed by atoms with Crippen LogP contribution in [0.4, 0.5) is 4.39 Å². The maximum Gasteiger partial charge on any atom is 0.256 e. The van der Waals surface area contributed by atoms with Crippen LogP contribution in [0.15, 0.2) is 36.5 Å². The van der Waals surface area contributed by atoms with Gasteiger partial charge < -0.3 is 15.0 Å². The van der Waals surface area contributed by atoms with Crippen LogP contribution < -0.4 is 0 Å². The first-order valence-electron chi connectivity index (χ1n) is 8.05. The molecule has 0 spiro atoms. The Balaban J connectivity index is 1.65. The molecule has 2 aliphatic rings. The summed E-state index contributed by atoms with van der Waals surface area (Å²) in [5.74, 6) is 0.0414. The summed E-state index contributed by atoms with van der Waals surface area (Å²) >= 11 is 0. The van der Waals surface area contributed by atoms with Gasteiger partial charge in [-0.1, -0.05) is 12.1 Å². The molecular formula is C18H19FN2O2. The largest absolute Gasteiger partial charge is 0.391 e. The zero-order valence-electron chi connectivity index (χ0n) is 12.7. The van der Waals surface area contributed by atoms with Crippen molar-refractivity contribution in [2.45, 2.75) is 37.3 Å². The van der Waals surface area contributed by atoms with E-state index in [1.165, 1.54) is 12.1 Å². The van der Waals surface area contributed by atoms with Crippen LogP contribution in [0, 0.1) is 5.82 Å². The fourth-order valence-corrected chi connectivity index (χ4v) is 3.50. The van der Waals surface area contributed by atoms with Crippen molar-refractivity contribution in [1.82, 2.24) is 9.88 Å². The quantitative estimate of drug-likeness (QED) is 0.915. The minimum atomic E-state index is -0.574. The Bertz CT molecular complexity index is 738. The average molecular weight is 314 g/mol. The molecule has 4 rings (SSSR count). The maximum absolute atomic E-state index is 13.5. The van der Waals surface area contributed by atoms with Gasteiger partial charge in [-0.15, -0.1) is 0 Å². The van der Waals surface area contributed by atoms with Gasteiger partial charge in [-0.25, -0.2) is 4.39 Å². The molecule has 1 aromatic carbocycles. The highest BCUT2D eigenvalue weighted by Crippen LogP contribution is 2.42. The zero-order valence-corrected chi connectivity index (χ0v) is 12.7. The molecule has 23 heavy (non-hydrogen) atoms. The van der Waals surface area contributed by atoms with Crippen LogP contribution in [-0.4, -0.2) is 33.5 Å². The number of aromatic nitrogens is 1. The number of carbonyl (C=O) groups excluding carboxylic acids is 1. The lowest BCUT2D eigenvalue weighted by Crippen LogP contribution is -2.32. The Morgan fingerprint density at radius 3 is 2.87 bits per heavy atom. The summed E-state index contributed by atoms with van der Waals surface area (Å²) < 4.78 is 13.5. The van der Waals surface area contributed by atoms with E-state index < -0.39 is 6.10 Å². The first kappa shape index (κ1) is 14.5. The van der Waals surface area contributed by atoms with Crippen molar-refractivity contribution in [3.8, 4) is 0 Å². The van der Waals surface area contributed by atoms with Crippen LogP contribution in [0.1, 0.15) is 52.8 Å². The number of hydrogen-bond donors (Lipinski definition) is 2. The van der Waals surface area contributed by atoms with Gasteiger partial charge in [0.25, 0.3) is 5.91 Å². The van der Waals surface area contributed by atoms with Gasteiger partial charge in [0.1, 0.15) is 5.82 Å². The van der Waals surface area contributed by atoms with Crippen LogP contribution in [0.5, 0.6) is 0 Å². The number of H-pyrrole nitrogens is 1. The normalized spacial score (nSPS) is 24.2. The molecule has 120 valence electrons. The minimum Gasteiger partial charge on any atom is -0.391 e. The predicted octanol–water partition coefficient (Wildman–Crippen LogP) is 2.98. The summed E-state index contributed by atoms with van der Waals surface area (Å²) in [6.07, 6.45) is 3.88. The summed E-state index contributed by atoms with van der Waals surface area (Å²) in [6.45, 7) is 0.287. The van der Waals surface area contributed by atoms with E-state index >= 15 is 0 Å². The summed E-state index contributed by atoms with van der Waals surface area (Å²) in [5, 5.41) is 10.0. The number of aromatic amines is 1. The molecule has 5 heteroatoms. The Hall–Kier alpha value is -2.14. The number of nitrogens with one attached hydrogen (secondary N) is 1. The number of aliphatic hydroxyl groups is 1. The van der Waals surface area contributed by atoms with E-state index in [2.05, 4.69) is 4.98 Å². The van der Waals surface area contributed by atoms with Gasteiger partial charge >= 0.3 is 0 Å². The number of likely N-dealkylation sites (tertiary alicyclic amines) is 1. The number of carbonyl (C=O) groups is 1. The monoisotopic (exact) mass is 314 g/mol. The second-order valence-electron chi connectivity index (χ2n) is 6.50. The number of aliphatic hydroxyl groups excluding tert-OH is 1. The van der Waals surface area contributed by atoms with Gasteiger partial charge in [0.05, 0.1) is 17.7 Å². The standard InChI is InChI=1S/C18H19FN2O2/c19-13-3-1-2-12(8-13)16-9-14(22)10-21(16)18(23)15-6-7-20-17(15)11-4-5-11/h1-3,6-8,11,14,16,20,22H,4-5,9-10H2/t14-,16+/m0/s1. The molecule has 1 aliphatic carbocycles. The molecule has 1 aliphatic heterocycles. The number of nitrogens with zero attached hydrogens (tertiary/aromatic N) is 1. The second kappa shape index (κ2) is 5.49. The van der Waals surface area contributed by atoms with E-state index in [-0.39, 0.29) is 24.3 Å². The van der Waals surface area contributed by atoms with Crippen molar-refractivity contribution in [1.29, 1.82) is 0 Å². The third-order valence-electron chi connectivity index (χ3n) is 4.77. The molecule has 0 unspecified atom stereocenters. The fourth-order valence-electron chi connectivity index (χ4n) is 3.50. The lowest BCUT2D eigenvalue weighted by Gasteiger charge is -2.25. The molecule has 2 atom stereocenters. The van der Waals surface area contributed by atoms with E-state index in [9.17, 15) is 14.3 Å². The molecule has 0 radical (unpaired) electrons. The fraction of sp³-hybridized carbons (Fsp3) is 0.389. The third kappa shape index (κ3) is 2.65. The average Bonchev–Trinajstić information content (AvgIpc) is 3.12. The molecular weight excluding hydrogens is 295 g/mol. The van der Waals surface area contributed by atoms with Crippen molar-refractivity contribution >= 4 is 5.91 Å². The van der Waals surface area contributed by atoms with Gasteiger partial charge in [0.2, 0.25) is 0 Å². The first-order valence-corrected chi connectivity index (χ1v) is 8.05. The number of rotatable bonds is 3. The molecule has 0 bridgehead atoms. The first-order chi connectivity index (χ1) is 11.1. The van der Waals surface area contributed by atoms with E-state index in [4.69, 9.17) is 0 Å². The van der Waals surface area contributed by atoms with E-state index in [0.717, 1.165) is 24.1 Å². The molecule has 1 saturated carbocycles. The Morgan fingerprint density at radius 1 is 1.30 bits per heavy atom. The Morgan fingerprint density at radius 2 is 2.13 bits per heavy atom. The van der Waals surface area contributed by atoms with Crippen LogP contribution in [0.3, 0.4) is 0 Å². The van der Waals surface area contributed by atoms with Gasteiger partial charge in [0, 0.05) is 18.4 Å². The van der Waals surface area contributed by atoms with Crippen molar-refractivity contribution in [2.75, 3.05) is 6.54 Å². The number of β-amino-alcohol motifs (C(OH)–C–C–N with tert-alkyl or cyclic N) is 1. The van der Waals surface area contributed by atoms with Crippen molar-refractivity contribution in [3.63, 3.8) is 0 Å². The van der Waals surface area contributed by atoms with E-state index in [1.54, 1.807) is 17.2 Å². The highest BCUT2D eigenvalue weighted by atomic mass is 19.1. The van der Waals surface area contributed by atoms with Gasteiger partial charge in [-0.2, -0.15) is 0 Å². The Labute approximate surface area is 133 Å². The summed E-state index contributed by atoms with van der Waals surface area (Å²) in [5.41, 5.74) is 2.41. The highest BCUT2D eigenvalue weighted by molar-refractivity contribution is 5.96. The third-order valence-corrected chi connectivity index (χ3v) is 4.77. The predicted molar refractivity (Wildman–Crippen MR) is 83.6 cm³/mol. The lowest BCUT2D eigenvalue weighted by atomic mass is 10.0. The molecule has 1 saturated heterocycles. The summed E-state index contributed by atoms with van der Waals surface area (Å²) in [6, 6.07) is 7.81. The van der Waals surface area contributed by atoms with Crippen molar-refractivity contribution < 1.29 is 14.3 Å². The smallest absolute Gasteiger partial charge is 0.256 e. The molecule has 4 nitrogen and oxygen atoms in total.